The Morgan fingerprint density at radius 3 is 2.73 bits per heavy atom. The molecule has 154 valence electrons. The Kier molecular flexibility index (Phi) is 6.05. The monoisotopic (exact) mass is 406 g/mol. The van der Waals surface area contributed by atoms with Crippen molar-refractivity contribution in [1.82, 2.24) is 9.88 Å². The number of aliphatic carboxylic acids is 1. The average molecular weight is 406 g/mol. The number of carbonyl (C=O) groups is 1. The molecule has 6 heteroatoms. The SMILES string of the molecule is O=C(O)CCN1CCc2cc(-c3ccc(OCc4cccc(F)c4)cc3)ncc2C1. The molecule has 30 heavy (non-hydrogen) atoms. The maximum absolute atomic E-state index is 13.3. The van der Waals surface area contributed by atoms with Crippen molar-refractivity contribution in [3.05, 3.63) is 83.3 Å². The Hall–Kier alpha value is -3.25. The highest BCUT2D eigenvalue weighted by Gasteiger charge is 2.18. The number of hydrogen-bond acceptors (Lipinski definition) is 4. The van der Waals surface area contributed by atoms with Crippen LogP contribution in [-0.2, 0) is 24.4 Å². The normalized spacial score (nSPS) is 13.6. The van der Waals surface area contributed by atoms with Gasteiger partial charge in [-0.3, -0.25) is 14.7 Å². The average Bonchev–Trinajstić information content (AvgIpc) is 2.76. The van der Waals surface area contributed by atoms with E-state index in [4.69, 9.17) is 9.84 Å². The third kappa shape index (κ3) is 5.02. The number of fused-ring (bicyclic) bond motifs is 1. The molecule has 0 aliphatic carbocycles. The Morgan fingerprint density at radius 1 is 1.13 bits per heavy atom. The van der Waals surface area contributed by atoms with Gasteiger partial charge < -0.3 is 9.84 Å². The fourth-order valence-corrected chi connectivity index (χ4v) is 3.62. The van der Waals surface area contributed by atoms with E-state index in [9.17, 15) is 9.18 Å². The molecule has 4 rings (SSSR count). The molecule has 3 aromatic rings. The number of carboxylic acids is 1. The van der Waals surface area contributed by atoms with Crippen LogP contribution in [0.15, 0.2) is 60.8 Å². The molecule has 0 fully saturated rings. The van der Waals surface area contributed by atoms with Gasteiger partial charge in [-0.2, -0.15) is 0 Å². The molecule has 0 amide bonds. The van der Waals surface area contributed by atoms with Crippen molar-refractivity contribution in [1.29, 1.82) is 0 Å². The summed E-state index contributed by atoms with van der Waals surface area (Å²) in [6.07, 6.45) is 2.94. The van der Waals surface area contributed by atoms with Gasteiger partial charge in [-0.1, -0.05) is 12.1 Å². The lowest BCUT2D eigenvalue weighted by Gasteiger charge is -2.28. The maximum atomic E-state index is 13.3. The van der Waals surface area contributed by atoms with E-state index in [0.29, 0.717) is 13.2 Å². The summed E-state index contributed by atoms with van der Waals surface area (Å²) >= 11 is 0. The van der Waals surface area contributed by atoms with Crippen molar-refractivity contribution in [3.8, 4) is 17.0 Å². The largest absolute Gasteiger partial charge is 0.489 e. The molecule has 0 unspecified atom stereocenters. The summed E-state index contributed by atoms with van der Waals surface area (Å²) in [6, 6.07) is 16.2. The summed E-state index contributed by atoms with van der Waals surface area (Å²) in [7, 11) is 0. The number of nitrogens with zero attached hydrogens (tertiary/aromatic N) is 2. The lowest BCUT2D eigenvalue weighted by atomic mass is 9.99. The fraction of sp³-hybridized carbons (Fsp3) is 0.250. The number of halogens is 1. The number of pyridine rings is 1. The van der Waals surface area contributed by atoms with Crippen molar-refractivity contribution in [3.63, 3.8) is 0 Å². The minimum absolute atomic E-state index is 0.161. The second kappa shape index (κ2) is 9.05. The van der Waals surface area contributed by atoms with Crippen LogP contribution in [0.2, 0.25) is 0 Å². The predicted octanol–water partition coefficient (Wildman–Crippen LogP) is 4.30. The number of hydrogen-bond donors (Lipinski definition) is 1. The van der Waals surface area contributed by atoms with Crippen molar-refractivity contribution >= 4 is 5.97 Å². The van der Waals surface area contributed by atoms with Crippen LogP contribution in [0.4, 0.5) is 4.39 Å². The van der Waals surface area contributed by atoms with Crippen LogP contribution in [0.25, 0.3) is 11.3 Å². The van der Waals surface area contributed by atoms with Crippen molar-refractivity contribution < 1.29 is 19.0 Å². The van der Waals surface area contributed by atoms with Crippen LogP contribution < -0.4 is 4.74 Å². The highest BCUT2D eigenvalue weighted by molar-refractivity contribution is 5.67. The maximum Gasteiger partial charge on any atom is 0.304 e. The molecule has 0 spiro atoms. The van der Waals surface area contributed by atoms with Gasteiger partial charge in [0.25, 0.3) is 0 Å². The zero-order valence-electron chi connectivity index (χ0n) is 16.6. The Balaban J connectivity index is 1.39. The van der Waals surface area contributed by atoms with Crippen LogP contribution in [-0.4, -0.2) is 34.0 Å². The van der Waals surface area contributed by atoms with Crippen LogP contribution in [0.1, 0.15) is 23.1 Å². The summed E-state index contributed by atoms with van der Waals surface area (Å²) in [5.74, 6) is -0.317. The van der Waals surface area contributed by atoms with Gasteiger partial charge >= 0.3 is 5.97 Å². The molecule has 0 radical (unpaired) electrons. The molecular formula is C24H23FN2O3. The highest BCUT2D eigenvalue weighted by Crippen LogP contribution is 2.26. The minimum Gasteiger partial charge on any atom is -0.489 e. The predicted molar refractivity (Wildman–Crippen MR) is 112 cm³/mol. The lowest BCUT2D eigenvalue weighted by molar-refractivity contribution is -0.137. The van der Waals surface area contributed by atoms with E-state index in [1.54, 1.807) is 6.07 Å². The quantitative estimate of drug-likeness (QED) is 0.634. The molecule has 1 N–H and O–H groups in total. The van der Waals surface area contributed by atoms with E-state index >= 15 is 0 Å². The Morgan fingerprint density at radius 2 is 1.97 bits per heavy atom. The molecule has 1 aromatic heterocycles. The van der Waals surface area contributed by atoms with Crippen LogP contribution >= 0.6 is 0 Å². The molecule has 0 saturated carbocycles. The number of ether oxygens (including phenoxy) is 1. The number of aromatic nitrogens is 1. The van der Waals surface area contributed by atoms with E-state index in [1.807, 2.05) is 36.5 Å². The van der Waals surface area contributed by atoms with Crippen LogP contribution in [0.5, 0.6) is 5.75 Å². The van der Waals surface area contributed by atoms with E-state index in [2.05, 4.69) is 16.0 Å². The number of carboxylic acid groups (broad SMARTS) is 1. The topological polar surface area (TPSA) is 62.7 Å². The van der Waals surface area contributed by atoms with Crippen LogP contribution in [0.3, 0.4) is 0 Å². The summed E-state index contributed by atoms with van der Waals surface area (Å²) in [5.41, 5.74) is 5.12. The van der Waals surface area contributed by atoms with E-state index in [0.717, 1.165) is 47.6 Å². The standard InChI is InChI=1S/C24H23FN2O3/c25-21-3-1-2-17(12-21)16-30-22-6-4-18(5-7-22)23-13-19-8-10-27(11-9-24(28)29)15-20(19)14-26-23/h1-7,12-14H,8-11,15-16H2,(H,28,29). The third-order valence-electron chi connectivity index (χ3n) is 5.26. The molecule has 2 heterocycles. The van der Waals surface area contributed by atoms with Gasteiger partial charge in [0.05, 0.1) is 12.1 Å². The molecule has 1 aliphatic rings. The first kappa shape index (κ1) is 20.0. The van der Waals surface area contributed by atoms with Gasteiger partial charge in [0.15, 0.2) is 0 Å². The molecule has 1 aliphatic heterocycles. The zero-order chi connectivity index (χ0) is 20.9. The van der Waals surface area contributed by atoms with Crippen molar-refractivity contribution in [2.24, 2.45) is 0 Å². The van der Waals surface area contributed by atoms with Crippen LogP contribution in [0, 0.1) is 5.82 Å². The first-order chi connectivity index (χ1) is 14.6. The summed E-state index contributed by atoms with van der Waals surface area (Å²) < 4.78 is 19.0. The summed E-state index contributed by atoms with van der Waals surface area (Å²) in [5, 5.41) is 8.86. The van der Waals surface area contributed by atoms with Crippen molar-refractivity contribution in [2.45, 2.75) is 26.0 Å². The third-order valence-corrected chi connectivity index (χ3v) is 5.26. The molecule has 0 bridgehead atoms. The number of benzene rings is 2. The van der Waals surface area contributed by atoms with Gasteiger partial charge in [-0.25, -0.2) is 4.39 Å². The molecule has 0 atom stereocenters. The van der Waals surface area contributed by atoms with E-state index < -0.39 is 5.97 Å². The Bertz CT molecular complexity index is 1040. The summed E-state index contributed by atoms with van der Waals surface area (Å²) in [6.45, 7) is 2.47. The van der Waals surface area contributed by atoms with E-state index in [-0.39, 0.29) is 12.2 Å². The van der Waals surface area contributed by atoms with E-state index in [1.165, 1.54) is 17.7 Å². The molecule has 2 aromatic carbocycles. The molecule has 0 saturated heterocycles. The number of rotatable bonds is 7. The van der Waals surface area contributed by atoms with Gasteiger partial charge in [0.1, 0.15) is 18.2 Å². The minimum atomic E-state index is -0.766. The Labute approximate surface area is 174 Å². The van der Waals surface area contributed by atoms with Gasteiger partial charge in [-0.15, -0.1) is 0 Å². The van der Waals surface area contributed by atoms with Crippen molar-refractivity contribution in [2.75, 3.05) is 13.1 Å². The second-order valence-electron chi connectivity index (χ2n) is 7.45. The smallest absolute Gasteiger partial charge is 0.304 e. The summed E-state index contributed by atoms with van der Waals surface area (Å²) in [4.78, 5) is 17.5. The molecule has 5 nitrogen and oxygen atoms in total. The highest BCUT2D eigenvalue weighted by atomic mass is 19.1. The van der Waals surface area contributed by atoms with Gasteiger partial charge in [0.2, 0.25) is 0 Å². The fourth-order valence-electron chi connectivity index (χ4n) is 3.62. The zero-order valence-corrected chi connectivity index (χ0v) is 16.6. The first-order valence-electron chi connectivity index (χ1n) is 9.96. The van der Waals surface area contributed by atoms with Gasteiger partial charge in [0, 0.05) is 31.4 Å². The van der Waals surface area contributed by atoms with Gasteiger partial charge in [-0.05, 0) is 65.6 Å². The second-order valence-corrected chi connectivity index (χ2v) is 7.45. The lowest BCUT2D eigenvalue weighted by Crippen LogP contribution is -2.32. The molecular weight excluding hydrogens is 383 g/mol. The first-order valence-corrected chi connectivity index (χ1v) is 9.96.